The largest absolute Gasteiger partial charge is 0.496 e. The molecule has 0 atom stereocenters. The van der Waals surface area contributed by atoms with Gasteiger partial charge in [0, 0.05) is 11.6 Å². The molecule has 7 heteroatoms. The van der Waals surface area contributed by atoms with Crippen LogP contribution in [0.25, 0.3) is 6.08 Å². The SMILES string of the molecule is COc1cc(OC)c(/C=C2/NC(=O)N(c3ccccc3)C2=O)cc1Br. The first-order chi connectivity index (χ1) is 12.0. The van der Waals surface area contributed by atoms with E-state index in [0.29, 0.717) is 27.2 Å². The first-order valence-corrected chi connectivity index (χ1v) is 8.18. The number of carbonyl (C=O) groups is 2. The molecule has 1 fully saturated rings. The minimum Gasteiger partial charge on any atom is -0.496 e. The van der Waals surface area contributed by atoms with Crippen molar-refractivity contribution in [3.63, 3.8) is 0 Å². The van der Waals surface area contributed by atoms with E-state index in [1.165, 1.54) is 7.11 Å². The normalized spacial score (nSPS) is 15.5. The number of nitrogens with zero attached hydrogens (tertiary/aromatic N) is 1. The van der Waals surface area contributed by atoms with Crippen LogP contribution in [-0.2, 0) is 4.79 Å². The Hall–Kier alpha value is -2.80. The van der Waals surface area contributed by atoms with Gasteiger partial charge in [0.2, 0.25) is 0 Å². The van der Waals surface area contributed by atoms with E-state index in [-0.39, 0.29) is 5.70 Å². The zero-order valence-corrected chi connectivity index (χ0v) is 15.2. The van der Waals surface area contributed by atoms with Crippen LogP contribution in [0.3, 0.4) is 0 Å². The molecule has 0 unspecified atom stereocenters. The Morgan fingerprint density at radius 2 is 1.72 bits per heavy atom. The van der Waals surface area contributed by atoms with Gasteiger partial charge >= 0.3 is 6.03 Å². The number of carbonyl (C=O) groups excluding carboxylic acids is 2. The highest BCUT2D eigenvalue weighted by Crippen LogP contribution is 2.34. The van der Waals surface area contributed by atoms with Gasteiger partial charge in [-0.3, -0.25) is 4.79 Å². The molecule has 0 radical (unpaired) electrons. The maximum atomic E-state index is 12.6. The third-order valence-electron chi connectivity index (χ3n) is 3.70. The molecule has 2 aromatic carbocycles. The number of hydrogen-bond donors (Lipinski definition) is 1. The van der Waals surface area contributed by atoms with Crippen LogP contribution in [0, 0.1) is 0 Å². The average Bonchev–Trinajstić information content (AvgIpc) is 2.89. The van der Waals surface area contributed by atoms with Crippen LogP contribution < -0.4 is 19.7 Å². The van der Waals surface area contributed by atoms with Gasteiger partial charge in [-0.2, -0.15) is 0 Å². The van der Waals surface area contributed by atoms with E-state index in [0.717, 1.165) is 4.90 Å². The van der Waals surface area contributed by atoms with Gasteiger partial charge in [-0.1, -0.05) is 18.2 Å². The molecule has 1 aliphatic heterocycles. The summed E-state index contributed by atoms with van der Waals surface area (Å²) in [5, 5.41) is 2.60. The third-order valence-corrected chi connectivity index (χ3v) is 4.32. The Kier molecular flexibility index (Phi) is 4.76. The quantitative estimate of drug-likeness (QED) is 0.626. The van der Waals surface area contributed by atoms with Crippen molar-refractivity contribution < 1.29 is 19.1 Å². The van der Waals surface area contributed by atoms with Gasteiger partial charge in [0.1, 0.15) is 17.2 Å². The van der Waals surface area contributed by atoms with E-state index >= 15 is 0 Å². The molecular weight excluding hydrogens is 388 g/mol. The molecular formula is C18H15BrN2O4. The van der Waals surface area contributed by atoms with Crippen LogP contribution in [-0.4, -0.2) is 26.2 Å². The van der Waals surface area contributed by atoms with Gasteiger partial charge < -0.3 is 14.8 Å². The molecule has 128 valence electrons. The number of urea groups is 1. The summed E-state index contributed by atoms with van der Waals surface area (Å²) in [6.45, 7) is 0. The number of halogens is 1. The molecule has 0 saturated carbocycles. The Balaban J connectivity index is 1.99. The van der Waals surface area contributed by atoms with Crippen molar-refractivity contribution in [2.24, 2.45) is 0 Å². The summed E-state index contributed by atoms with van der Waals surface area (Å²) in [6.07, 6.45) is 1.58. The third kappa shape index (κ3) is 3.23. The Morgan fingerprint density at radius 1 is 1.04 bits per heavy atom. The van der Waals surface area contributed by atoms with E-state index in [2.05, 4.69) is 21.2 Å². The zero-order valence-electron chi connectivity index (χ0n) is 13.6. The maximum Gasteiger partial charge on any atom is 0.333 e. The number of anilines is 1. The number of para-hydroxylation sites is 1. The fourth-order valence-corrected chi connectivity index (χ4v) is 3.02. The minimum absolute atomic E-state index is 0.171. The minimum atomic E-state index is -0.492. The van der Waals surface area contributed by atoms with E-state index in [1.807, 2.05) is 6.07 Å². The number of ether oxygens (including phenoxy) is 2. The number of amides is 3. The molecule has 2 aromatic rings. The maximum absolute atomic E-state index is 12.6. The molecule has 0 spiro atoms. The lowest BCUT2D eigenvalue weighted by Gasteiger charge is -2.11. The van der Waals surface area contributed by atoms with Crippen molar-refractivity contribution in [2.45, 2.75) is 0 Å². The van der Waals surface area contributed by atoms with Crippen LogP contribution in [0.5, 0.6) is 11.5 Å². The van der Waals surface area contributed by atoms with Gasteiger partial charge in [0.15, 0.2) is 0 Å². The average molecular weight is 403 g/mol. The monoisotopic (exact) mass is 402 g/mol. The summed E-state index contributed by atoms with van der Waals surface area (Å²) in [5.74, 6) is 0.699. The van der Waals surface area contributed by atoms with Crippen molar-refractivity contribution in [1.29, 1.82) is 0 Å². The molecule has 1 aliphatic rings. The summed E-state index contributed by atoms with van der Waals surface area (Å²) in [4.78, 5) is 25.9. The van der Waals surface area contributed by atoms with Crippen molar-refractivity contribution in [2.75, 3.05) is 19.1 Å². The van der Waals surface area contributed by atoms with Crippen LogP contribution >= 0.6 is 15.9 Å². The molecule has 25 heavy (non-hydrogen) atoms. The van der Waals surface area contributed by atoms with E-state index in [9.17, 15) is 9.59 Å². The van der Waals surface area contributed by atoms with Crippen LogP contribution in [0.2, 0.25) is 0 Å². The van der Waals surface area contributed by atoms with Gasteiger partial charge in [0.05, 0.1) is 24.4 Å². The van der Waals surface area contributed by atoms with Gasteiger partial charge in [-0.25, -0.2) is 9.69 Å². The molecule has 3 rings (SSSR count). The second-order valence-electron chi connectivity index (χ2n) is 5.19. The number of methoxy groups -OCH3 is 2. The first-order valence-electron chi connectivity index (χ1n) is 7.39. The highest BCUT2D eigenvalue weighted by molar-refractivity contribution is 9.10. The second-order valence-corrected chi connectivity index (χ2v) is 6.05. The summed E-state index contributed by atoms with van der Waals surface area (Å²) in [7, 11) is 3.08. The highest BCUT2D eigenvalue weighted by Gasteiger charge is 2.34. The smallest absolute Gasteiger partial charge is 0.333 e. The summed E-state index contributed by atoms with van der Waals surface area (Å²) in [5.41, 5.74) is 1.31. The van der Waals surface area contributed by atoms with Crippen molar-refractivity contribution in [3.05, 3.63) is 58.2 Å². The van der Waals surface area contributed by atoms with Gasteiger partial charge in [-0.05, 0) is 40.2 Å². The van der Waals surface area contributed by atoms with Crippen molar-refractivity contribution in [3.8, 4) is 11.5 Å². The van der Waals surface area contributed by atoms with Crippen LogP contribution in [0.4, 0.5) is 10.5 Å². The summed E-state index contributed by atoms with van der Waals surface area (Å²) in [6, 6.07) is 11.7. The Morgan fingerprint density at radius 3 is 2.36 bits per heavy atom. The number of benzene rings is 2. The molecule has 1 N–H and O–H groups in total. The lowest BCUT2D eigenvalue weighted by atomic mass is 10.1. The molecule has 0 aromatic heterocycles. The topological polar surface area (TPSA) is 67.9 Å². The molecule has 1 heterocycles. The van der Waals surface area contributed by atoms with E-state index in [1.54, 1.807) is 49.6 Å². The molecule has 6 nitrogen and oxygen atoms in total. The fourth-order valence-electron chi connectivity index (χ4n) is 2.50. The standard InChI is InChI=1S/C18H15BrN2O4/c1-24-15-10-16(25-2)13(19)8-11(15)9-14-17(22)21(18(23)20-14)12-6-4-3-5-7-12/h3-10H,1-2H3,(H,20,23)/b14-9+. The zero-order chi connectivity index (χ0) is 18.0. The lowest BCUT2D eigenvalue weighted by molar-refractivity contribution is -0.113. The summed E-state index contributed by atoms with van der Waals surface area (Å²) >= 11 is 3.40. The Bertz CT molecular complexity index is 865. The molecule has 0 bridgehead atoms. The van der Waals surface area contributed by atoms with Crippen molar-refractivity contribution >= 4 is 39.6 Å². The number of rotatable bonds is 4. The summed E-state index contributed by atoms with van der Waals surface area (Å²) < 4.78 is 11.3. The number of hydrogen-bond acceptors (Lipinski definition) is 4. The molecule has 1 saturated heterocycles. The number of imide groups is 1. The first kappa shape index (κ1) is 17.0. The predicted octanol–water partition coefficient (Wildman–Crippen LogP) is 3.56. The van der Waals surface area contributed by atoms with Crippen molar-refractivity contribution in [1.82, 2.24) is 5.32 Å². The molecule has 0 aliphatic carbocycles. The second kappa shape index (κ2) is 6.98. The van der Waals surface area contributed by atoms with E-state index < -0.39 is 11.9 Å². The Labute approximate surface area is 153 Å². The lowest BCUT2D eigenvalue weighted by Crippen LogP contribution is -2.30. The van der Waals surface area contributed by atoms with Gasteiger partial charge in [-0.15, -0.1) is 0 Å². The fraction of sp³-hybridized carbons (Fsp3) is 0.111. The van der Waals surface area contributed by atoms with Crippen LogP contribution in [0.1, 0.15) is 5.56 Å². The van der Waals surface area contributed by atoms with Gasteiger partial charge in [0.25, 0.3) is 5.91 Å². The molecule has 3 amide bonds. The predicted molar refractivity (Wildman–Crippen MR) is 97.7 cm³/mol. The number of nitrogens with one attached hydrogen (secondary N) is 1. The highest BCUT2D eigenvalue weighted by atomic mass is 79.9. The van der Waals surface area contributed by atoms with E-state index in [4.69, 9.17) is 9.47 Å². The van der Waals surface area contributed by atoms with Crippen LogP contribution in [0.15, 0.2) is 52.6 Å².